The highest BCUT2D eigenvalue weighted by atomic mass is 16.5. The normalized spacial score (nSPS) is 12.9. The van der Waals surface area contributed by atoms with Crippen molar-refractivity contribution in [2.24, 2.45) is 0 Å². The van der Waals surface area contributed by atoms with Crippen molar-refractivity contribution >= 4 is 88.5 Å². The lowest BCUT2D eigenvalue weighted by Crippen LogP contribution is -2.57. The van der Waals surface area contributed by atoms with E-state index in [2.05, 4.69) is 208 Å². The van der Waals surface area contributed by atoms with Crippen LogP contribution in [0.3, 0.4) is 0 Å². The van der Waals surface area contributed by atoms with Crippen molar-refractivity contribution in [3.05, 3.63) is 194 Å². The number of aromatic nitrogens is 3. The molecule has 12 aromatic rings. The van der Waals surface area contributed by atoms with Gasteiger partial charge in [0.05, 0.1) is 38.5 Å². The average Bonchev–Trinajstić information content (AvgIpc) is 3.94. The maximum absolute atomic E-state index is 7.44. The van der Waals surface area contributed by atoms with Crippen molar-refractivity contribution in [2.45, 2.75) is 0 Å². The van der Waals surface area contributed by atoms with E-state index in [-0.39, 0.29) is 6.71 Å². The standard InChI is InChI=1S/C54H32BN3O2/c1-4-16-33(17-5-1)56-43-25-13-11-23-37(43)40-30-42-48(31-46(40)56)59-54-50-39-24-12-15-27-45(39)57(34-18-6-2-7-19-34)47(50)32-49-51(54)55(42)41-29-28-38-36-22-10-14-26-44(36)58(52(38)53(41)60-49)35-20-8-3-9-21-35/h1-32H. The molecule has 0 amide bonds. The fraction of sp³-hybridized carbons (Fsp3) is 0. The van der Waals surface area contributed by atoms with Crippen LogP contribution in [-0.2, 0) is 0 Å². The van der Waals surface area contributed by atoms with Crippen molar-refractivity contribution in [2.75, 3.05) is 0 Å². The minimum atomic E-state index is -0.166. The first-order valence-corrected chi connectivity index (χ1v) is 20.6. The summed E-state index contributed by atoms with van der Waals surface area (Å²) in [6.07, 6.45) is 0. The van der Waals surface area contributed by atoms with E-state index >= 15 is 0 Å². The van der Waals surface area contributed by atoms with Crippen molar-refractivity contribution < 1.29 is 9.47 Å². The third-order valence-electron chi connectivity index (χ3n) is 12.9. The van der Waals surface area contributed by atoms with Gasteiger partial charge in [0.1, 0.15) is 23.0 Å². The van der Waals surface area contributed by atoms with Gasteiger partial charge in [-0.05, 0) is 65.5 Å². The minimum absolute atomic E-state index is 0.166. The number of hydrogen-bond donors (Lipinski definition) is 0. The molecule has 0 bridgehead atoms. The van der Waals surface area contributed by atoms with E-state index in [4.69, 9.17) is 9.47 Å². The zero-order chi connectivity index (χ0) is 39.1. The first kappa shape index (κ1) is 32.1. The summed E-state index contributed by atoms with van der Waals surface area (Å²) in [6, 6.07) is 69.6. The molecule has 0 fully saturated rings. The summed E-state index contributed by atoms with van der Waals surface area (Å²) in [5, 5.41) is 6.97. The molecule has 5 nitrogen and oxygen atoms in total. The lowest BCUT2D eigenvalue weighted by Gasteiger charge is -2.34. The smallest absolute Gasteiger partial charge is 0.260 e. The molecule has 0 saturated carbocycles. The van der Waals surface area contributed by atoms with Crippen LogP contribution in [-0.4, -0.2) is 20.4 Å². The van der Waals surface area contributed by atoms with Gasteiger partial charge in [-0.1, -0.05) is 127 Å². The molecule has 9 aromatic carbocycles. The van der Waals surface area contributed by atoms with Gasteiger partial charge in [-0.2, -0.15) is 0 Å². The molecule has 0 N–H and O–H groups in total. The van der Waals surface area contributed by atoms with Gasteiger partial charge in [-0.25, -0.2) is 0 Å². The Morgan fingerprint density at radius 1 is 0.333 bits per heavy atom. The van der Waals surface area contributed by atoms with Crippen molar-refractivity contribution in [3.8, 4) is 40.1 Å². The molecule has 2 aliphatic rings. The number of rotatable bonds is 3. The molecule has 60 heavy (non-hydrogen) atoms. The highest BCUT2D eigenvalue weighted by Gasteiger charge is 2.43. The Balaban J connectivity index is 1.15. The fourth-order valence-corrected chi connectivity index (χ4v) is 10.5. The molecular weight excluding hydrogens is 733 g/mol. The molecule has 0 unspecified atom stereocenters. The summed E-state index contributed by atoms with van der Waals surface area (Å²) >= 11 is 0. The number of ether oxygens (including phenoxy) is 2. The van der Waals surface area contributed by atoms with E-state index in [0.29, 0.717) is 0 Å². The summed E-state index contributed by atoms with van der Waals surface area (Å²) in [7, 11) is 0. The molecule has 6 heteroatoms. The number of hydrogen-bond acceptors (Lipinski definition) is 2. The SMILES string of the molecule is c1ccc(-n2c3ccccc3c3cc4c(cc32)Oc2c3c(cc5c2c2ccccc2n5-c2ccccc2)Oc2c(ccc5c6ccccc6n(-c6ccccc6)c25)B43)cc1. The Labute approximate surface area is 344 Å². The predicted molar refractivity (Wildman–Crippen MR) is 247 cm³/mol. The zero-order valence-corrected chi connectivity index (χ0v) is 32.2. The molecular formula is C54H32BN3O2. The number of nitrogens with zero attached hydrogens (tertiary/aromatic N) is 3. The van der Waals surface area contributed by atoms with Crippen molar-refractivity contribution in [1.29, 1.82) is 0 Å². The van der Waals surface area contributed by atoms with Gasteiger partial charge >= 0.3 is 0 Å². The zero-order valence-electron chi connectivity index (χ0n) is 32.2. The summed E-state index contributed by atoms with van der Waals surface area (Å²) in [6.45, 7) is -0.166. The Hall–Kier alpha value is -7.96. The summed E-state index contributed by atoms with van der Waals surface area (Å²) < 4.78 is 22.0. The third-order valence-corrected chi connectivity index (χ3v) is 12.9. The second kappa shape index (κ2) is 11.8. The van der Waals surface area contributed by atoms with Gasteiger partial charge in [0, 0.05) is 61.6 Å². The highest BCUT2D eigenvalue weighted by molar-refractivity contribution is 6.98. The summed E-state index contributed by atoms with van der Waals surface area (Å²) in [5.74, 6) is 3.38. The Morgan fingerprint density at radius 2 is 0.833 bits per heavy atom. The van der Waals surface area contributed by atoms with Crippen molar-refractivity contribution in [1.82, 2.24) is 13.7 Å². The van der Waals surface area contributed by atoms with Crippen LogP contribution in [0, 0.1) is 0 Å². The molecule has 3 aromatic heterocycles. The van der Waals surface area contributed by atoms with Crippen LogP contribution >= 0.6 is 0 Å². The molecule has 0 saturated heterocycles. The Bertz CT molecular complexity index is 3770. The van der Waals surface area contributed by atoms with Crippen LogP contribution in [0.1, 0.15) is 0 Å². The van der Waals surface area contributed by atoms with Crippen LogP contribution in [0.15, 0.2) is 194 Å². The maximum atomic E-state index is 7.44. The lowest BCUT2D eigenvalue weighted by molar-refractivity contribution is 0.471. The van der Waals surface area contributed by atoms with Crippen LogP contribution in [0.4, 0.5) is 0 Å². The second-order valence-corrected chi connectivity index (χ2v) is 16.0. The van der Waals surface area contributed by atoms with Gasteiger partial charge in [0.2, 0.25) is 0 Å². The largest absolute Gasteiger partial charge is 0.457 e. The molecule has 14 rings (SSSR count). The molecule has 5 heterocycles. The summed E-state index contributed by atoms with van der Waals surface area (Å²) in [4.78, 5) is 0. The molecule has 0 atom stereocenters. The topological polar surface area (TPSA) is 33.2 Å². The van der Waals surface area contributed by atoms with Gasteiger partial charge in [0.15, 0.2) is 0 Å². The van der Waals surface area contributed by atoms with Gasteiger partial charge in [-0.3, -0.25) is 0 Å². The number of para-hydroxylation sites is 6. The van der Waals surface area contributed by atoms with Crippen molar-refractivity contribution in [3.63, 3.8) is 0 Å². The molecule has 2 aliphatic heterocycles. The molecule has 0 aliphatic carbocycles. The van der Waals surface area contributed by atoms with E-state index in [1.165, 1.54) is 16.2 Å². The van der Waals surface area contributed by atoms with E-state index in [1.807, 2.05) is 0 Å². The van der Waals surface area contributed by atoms with Crippen LogP contribution < -0.4 is 25.9 Å². The minimum Gasteiger partial charge on any atom is -0.457 e. The van der Waals surface area contributed by atoms with E-state index in [0.717, 1.165) is 106 Å². The summed E-state index contributed by atoms with van der Waals surface area (Å²) in [5.41, 5.74) is 13.2. The van der Waals surface area contributed by atoms with Crippen LogP contribution in [0.2, 0.25) is 0 Å². The van der Waals surface area contributed by atoms with Crippen LogP contribution in [0.5, 0.6) is 23.0 Å². The predicted octanol–water partition coefficient (Wildman–Crippen LogP) is 11.7. The third kappa shape index (κ3) is 4.16. The Kier molecular flexibility index (Phi) is 6.31. The Morgan fingerprint density at radius 3 is 1.50 bits per heavy atom. The number of benzene rings is 9. The quantitative estimate of drug-likeness (QED) is 0.168. The van der Waals surface area contributed by atoms with E-state index in [9.17, 15) is 0 Å². The first-order valence-electron chi connectivity index (χ1n) is 20.6. The monoisotopic (exact) mass is 765 g/mol. The first-order chi connectivity index (χ1) is 29.8. The average molecular weight is 766 g/mol. The number of fused-ring (bicyclic) bond motifs is 15. The molecule has 0 radical (unpaired) electrons. The van der Waals surface area contributed by atoms with E-state index in [1.54, 1.807) is 0 Å². The van der Waals surface area contributed by atoms with E-state index < -0.39 is 0 Å². The maximum Gasteiger partial charge on any atom is 0.260 e. The van der Waals surface area contributed by atoms with Gasteiger partial charge in [-0.15, -0.1) is 0 Å². The molecule has 278 valence electrons. The highest BCUT2D eigenvalue weighted by Crippen LogP contribution is 2.48. The van der Waals surface area contributed by atoms with Gasteiger partial charge in [0.25, 0.3) is 6.71 Å². The lowest BCUT2D eigenvalue weighted by atomic mass is 9.34. The molecule has 0 spiro atoms. The fourth-order valence-electron chi connectivity index (χ4n) is 10.5. The second-order valence-electron chi connectivity index (χ2n) is 16.0. The van der Waals surface area contributed by atoms with Crippen LogP contribution in [0.25, 0.3) is 82.5 Å². The van der Waals surface area contributed by atoms with Gasteiger partial charge < -0.3 is 23.2 Å².